The number of benzene rings is 1. The van der Waals surface area contributed by atoms with E-state index in [0.717, 1.165) is 10.7 Å². The molecule has 1 N–H and O–H groups in total. The minimum absolute atomic E-state index is 0.00740. The van der Waals surface area contributed by atoms with Gasteiger partial charge in [-0.25, -0.2) is 0 Å². The molecule has 24 heavy (non-hydrogen) atoms. The van der Waals surface area contributed by atoms with Gasteiger partial charge in [0.05, 0.1) is 0 Å². The molecule has 128 valence electrons. The van der Waals surface area contributed by atoms with Gasteiger partial charge in [-0.3, -0.25) is 9.59 Å². The third-order valence-corrected chi connectivity index (χ3v) is 4.63. The van der Waals surface area contributed by atoms with Crippen LogP contribution < -0.4 is 10.2 Å². The molecule has 0 saturated heterocycles. The van der Waals surface area contributed by atoms with E-state index < -0.39 is 0 Å². The maximum absolute atomic E-state index is 12.1. The Bertz CT molecular complexity index is 685. The van der Waals surface area contributed by atoms with E-state index in [0.29, 0.717) is 23.9 Å². The van der Waals surface area contributed by atoms with Gasteiger partial charge in [0.25, 0.3) is 0 Å². The number of para-hydroxylation sites is 1. The Labute approximate surface area is 145 Å². The zero-order valence-corrected chi connectivity index (χ0v) is 15.0. The number of carbonyl (C=O) groups is 2. The number of hydrogen-bond acceptors (Lipinski definition) is 5. The van der Waals surface area contributed by atoms with Gasteiger partial charge in [-0.15, -0.1) is 10.2 Å². The van der Waals surface area contributed by atoms with Crippen LogP contribution in [-0.2, 0) is 9.59 Å². The molecule has 0 radical (unpaired) electrons. The van der Waals surface area contributed by atoms with Crippen LogP contribution in [0.25, 0.3) is 0 Å². The molecule has 0 aliphatic carbocycles. The summed E-state index contributed by atoms with van der Waals surface area (Å²) >= 11 is 1.38. The molecule has 6 nitrogen and oxygen atoms in total. The first-order valence-corrected chi connectivity index (χ1v) is 8.74. The fourth-order valence-corrected chi connectivity index (χ4v) is 2.83. The predicted molar refractivity (Wildman–Crippen MR) is 96.3 cm³/mol. The Morgan fingerprint density at radius 2 is 1.88 bits per heavy atom. The van der Waals surface area contributed by atoms with E-state index in [1.807, 2.05) is 44.2 Å². The van der Waals surface area contributed by atoms with Crippen molar-refractivity contribution in [1.29, 1.82) is 0 Å². The van der Waals surface area contributed by atoms with Crippen molar-refractivity contribution in [3.8, 4) is 0 Å². The molecule has 0 aliphatic heterocycles. The Kier molecular flexibility index (Phi) is 6.43. The number of nitrogens with one attached hydrogen (secondary N) is 1. The molecule has 7 heteroatoms. The smallest absolute Gasteiger partial charge is 0.226 e. The first kappa shape index (κ1) is 18.1. The highest BCUT2D eigenvalue weighted by atomic mass is 32.1. The number of carbonyl (C=O) groups excluding carboxylic acids is 2. The number of aromatic nitrogens is 2. The zero-order valence-electron chi connectivity index (χ0n) is 14.2. The summed E-state index contributed by atoms with van der Waals surface area (Å²) in [5, 5.41) is 12.1. The standard InChI is InChI=1S/C17H22N4O2S/c1-12(2)16-19-20-17(24-16)18-14(22)10-7-11-15(23)21(3)13-8-5-4-6-9-13/h4-6,8-9,12H,7,10-11H2,1-3H3,(H,18,20,22). The molecule has 0 bridgehead atoms. The Morgan fingerprint density at radius 3 is 2.50 bits per heavy atom. The fraction of sp³-hybridized carbons (Fsp3) is 0.412. The van der Waals surface area contributed by atoms with Gasteiger partial charge in [-0.2, -0.15) is 0 Å². The molecule has 1 aromatic heterocycles. The van der Waals surface area contributed by atoms with Crippen molar-refractivity contribution in [2.45, 2.75) is 39.0 Å². The van der Waals surface area contributed by atoms with Crippen LogP contribution in [0, 0.1) is 0 Å². The van der Waals surface area contributed by atoms with Crippen LogP contribution >= 0.6 is 11.3 Å². The van der Waals surface area contributed by atoms with Crippen LogP contribution in [-0.4, -0.2) is 29.1 Å². The van der Waals surface area contributed by atoms with Crippen molar-refractivity contribution >= 4 is 34.0 Å². The van der Waals surface area contributed by atoms with Crippen LogP contribution in [0.1, 0.15) is 44.0 Å². The van der Waals surface area contributed by atoms with Crippen LogP contribution in [0.3, 0.4) is 0 Å². The first-order valence-electron chi connectivity index (χ1n) is 7.92. The third-order valence-electron chi connectivity index (χ3n) is 3.49. The second-order valence-electron chi connectivity index (χ2n) is 5.79. The second-order valence-corrected chi connectivity index (χ2v) is 6.80. The number of nitrogens with zero attached hydrogens (tertiary/aromatic N) is 3. The monoisotopic (exact) mass is 346 g/mol. The summed E-state index contributed by atoms with van der Waals surface area (Å²) in [4.78, 5) is 25.7. The van der Waals surface area contributed by atoms with E-state index in [4.69, 9.17) is 0 Å². The highest BCUT2D eigenvalue weighted by Gasteiger charge is 2.13. The lowest BCUT2D eigenvalue weighted by Gasteiger charge is -2.16. The Hall–Kier alpha value is -2.28. The van der Waals surface area contributed by atoms with Gasteiger partial charge in [0, 0.05) is 31.5 Å². The SMILES string of the molecule is CC(C)c1nnc(NC(=O)CCCC(=O)N(C)c2ccccc2)s1. The maximum Gasteiger partial charge on any atom is 0.226 e. The largest absolute Gasteiger partial charge is 0.316 e. The van der Waals surface area contributed by atoms with Gasteiger partial charge in [0.2, 0.25) is 16.9 Å². The average molecular weight is 346 g/mol. The predicted octanol–water partition coefficient (Wildman–Crippen LogP) is 3.43. The van der Waals surface area contributed by atoms with Crippen molar-refractivity contribution in [3.63, 3.8) is 0 Å². The molecule has 0 saturated carbocycles. The number of amides is 2. The van der Waals surface area contributed by atoms with Gasteiger partial charge in [-0.05, 0) is 18.6 Å². The minimum atomic E-state index is -0.142. The molecule has 0 spiro atoms. The lowest BCUT2D eigenvalue weighted by molar-refractivity contribution is -0.118. The molecule has 1 aromatic carbocycles. The molecule has 2 aromatic rings. The van der Waals surface area contributed by atoms with Gasteiger partial charge >= 0.3 is 0 Å². The fourth-order valence-electron chi connectivity index (χ4n) is 2.06. The van der Waals surface area contributed by atoms with Crippen LogP contribution in [0.2, 0.25) is 0 Å². The quantitative estimate of drug-likeness (QED) is 0.833. The van der Waals surface area contributed by atoms with Crippen LogP contribution in [0.4, 0.5) is 10.8 Å². The van der Waals surface area contributed by atoms with Crippen molar-refractivity contribution in [2.24, 2.45) is 0 Å². The summed E-state index contributed by atoms with van der Waals surface area (Å²) in [5.41, 5.74) is 0.849. The highest BCUT2D eigenvalue weighted by molar-refractivity contribution is 7.15. The molecular formula is C17H22N4O2S. The van der Waals surface area contributed by atoms with Crippen molar-refractivity contribution < 1.29 is 9.59 Å². The van der Waals surface area contributed by atoms with E-state index >= 15 is 0 Å². The normalized spacial score (nSPS) is 10.7. The molecule has 0 fully saturated rings. The number of hydrogen-bond donors (Lipinski definition) is 1. The number of rotatable bonds is 7. The number of anilines is 2. The van der Waals surface area contributed by atoms with Crippen molar-refractivity contribution in [2.75, 3.05) is 17.3 Å². The van der Waals surface area contributed by atoms with Crippen LogP contribution in [0.15, 0.2) is 30.3 Å². The molecule has 2 rings (SSSR count). The zero-order chi connectivity index (χ0) is 17.5. The van der Waals surface area contributed by atoms with Crippen molar-refractivity contribution in [3.05, 3.63) is 35.3 Å². The first-order chi connectivity index (χ1) is 11.5. The summed E-state index contributed by atoms with van der Waals surface area (Å²) in [6, 6.07) is 9.45. The average Bonchev–Trinajstić information content (AvgIpc) is 3.03. The third kappa shape index (κ3) is 5.13. The van der Waals surface area contributed by atoms with Crippen molar-refractivity contribution in [1.82, 2.24) is 10.2 Å². The molecule has 0 atom stereocenters. The highest BCUT2D eigenvalue weighted by Crippen LogP contribution is 2.22. The molecule has 0 aliphatic rings. The van der Waals surface area contributed by atoms with E-state index in [-0.39, 0.29) is 18.2 Å². The summed E-state index contributed by atoms with van der Waals surface area (Å²) in [6.07, 6.45) is 1.11. The summed E-state index contributed by atoms with van der Waals surface area (Å²) < 4.78 is 0. The van der Waals surface area contributed by atoms with E-state index in [1.165, 1.54) is 11.3 Å². The van der Waals surface area contributed by atoms with Gasteiger partial charge < -0.3 is 10.2 Å². The lowest BCUT2D eigenvalue weighted by Crippen LogP contribution is -2.26. The summed E-state index contributed by atoms with van der Waals surface area (Å²) in [6.45, 7) is 4.06. The minimum Gasteiger partial charge on any atom is -0.316 e. The molecule has 1 heterocycles. The maximum atomic E-state index is 12.1. The molecular weight excluding hydrogens is 324 g/mol. The van der Waals surface area contributed by atoms with Gasteiger partial charge in [0.15, 0.2) is 0 Å². The van der Waals surface area contributed by atoms with Crippen LogP contribution in [0.5, 0.6) is 0 Å². The summed E-state index contributed by atoms with van der Waals surface area (Å²) in [5.74, 6) is 0.142. The van der Waals surface area contributed by atoms with Gasteiger partial charge in [0.1, 0.15) is 5.01 Å². The van der Waals surface area contributed by atoms with E-state index in [2.05, 4.69) is 15.5 Å². The van der Waals surface area contributed by atoms with E-state index in [1.54, 1.807) is 11.9 Å². The molecule has 2 amide bonds. The lowest BCUT2D eigenvalue weighted by atomic mass is 10.2. The van der Waals surface area contributed by atoms with Gasteiger partial charge in [-0.1, -0.05) is 43.4 Å². The van der Waals surface area contributed by atoms with E-state index in [9.17, 15) is 9.59 Å². The Morgan fingerprint density at radius 1 is 1.17 bits per heavy atom. The topological polar surface area (TPSA) is 75.2 Å². The Balaban J connectivity index is 1.74. The molecule has 0 unspecified atom stereocenters. The second kappa shape index (κ2) is 8.54. The summed E-state index contributed by atoms with van der Waals surface area (Å²) in [7, 11) is 1.74.